The number of nitrogens with one attached hydrogen (secondary N) is 1. The van der Waals surface area contributed by atoms with E-state index >= 15 is 0 Å². The summed E-state index contributed by atoms with van der Waals surface area (Å²) in [7, 11) is -4.03. The van der Waals surface area contributed by atoms with Gasteiger partial charge in [0.25, 0.3) is 5.69 Å². The number of hydrogen-bond donors (Lipinski definition) is 3. The zero-order chi connectivity index (χ0) is 16.5. The maximum Gasteiger partial charge on any atom is 0.293 e. The van der Waals surface area contributed by atoms with Gasteiger partial charge in [0.2, 0.25) is 10.0 Å². The first-order valence-corrected chi connectivity index (χ1v) is 8.03. The molecule has 0 spiro atoms. The fourth-order valence-corrected chi connectivity index (χ4v) is 3.05. The highest BCUT2D eigenvalue weighted by molar-refractivity contribution is 7.89. The summed E-state index contributed by atoms with van der Waals surface area (Å²) < 4.78 is 34.9. The van der Waals surface area contributed by atoms with Crippen LogP contribution in [-0.4, -0.2) is 37.3 Å². The number of nitro benzene ring substituents is 1. The molecule has 1 aliphatic rings. The van der Waals surface area contributed by atoms with Gasteiger partial charge in [-0.25, -0.2) is 17.9 Å². The number of nitrogens with zero attached hydrogens (tertiary/aromatic N) is 1. The Balaban J connectivity index is 2.10. The molecular weight excluding hydrogens is 317 g/mol. The van der Waals surface area contributed by atoms with Crippen molar-refractivity contribution in [3.05, 3.63) is 28.3 Å². The molecule has 0 bridgehead atoms. The van der Waals surface area contributed by atoms with Crippen LogP contribution in [-0.2, 0) is 10.0 Å². The number of benzene rings is 1. The Kier molecular flexibility index (Phi) is 4.36. The minimum atomic E-state index is -4.03. The molecule has 0 unspecified atom stereocenters. The molecule has 1 saturated carbocycles. The summed E-state index contributed by atoms with van der Waals surface area (Å²) in [5.41, 5.74) is -1.55. The second kappa shape index (κ2) is 5.78. The Hall–Kier alpha value is -1.78. The molecule has 0 atom stereocenters. The van der Waals surface area contributed by atoms with Gasteiger partial charge in [0.1, 0.15) is 12.4 Å². The van der Waals surface area contributed by atoms with E-state index in [-0.39, 0.29) is 29.3 Å². The van der Waals surface area contributed by atoms with Crippen LogP contribution in [0.3, 0.4) is 0 Å². The smallest absolute Gasteiger partial charge is 0.293 e. The summed E-state index contributed by atoms with van der Waals surface area (Å²) in [6.07, 6.45) is 0.555. The predicted octanol–water partition coefficient (Wildman–Crippen LogP) is 0.765. The van der Waals surface area contributed by atoms with Crippen molar-refractivity contribution in [3.63, 3.8) is 0 Å². The number of nitro groups is 1. The SMILES string of the molecule is NS(=O)(=O)c1ccc(NC[C@H]2C[C@@](O)(CF)C2)c([N+](=O)[O-])c1. The molecule has 0 amide bonds. The van der Waals surface area contributed by atoms with Crippen molar-refractivity contribution in [3.8, 4) is 0 Å². The second-order valence-electron chi connectivity index (χ2n) is 5.49. The summed E-state index contributed by atoms with van der Waals surface area (Å²) in [6.45, 7) is -0.495. The number of primary sulfonamides is 1. The predicted molar refractivity (Wildman–Crippen MR) is 76.6 cm³/mol. The monoisotopic (exact) mass is 333 g/mol. The topological polar surface area (TPSA) is 136 Å². The van der Waals surface area contributed by atoms with Crippen molar-refractivity contribution in [2.24, 2.45) is 11.1 Å². The first-order chi connectivity index (χ1) is 10.1. The third kappa shape index (κ3) is 3.51. The lowest BCUT2D eigenvalue weighted by Gasteiger charge is -2.41. The van der Waals surface area contributed by atoms with Crippen LogP contribution in [0.25, 0.3) is 0 Å². The van der Waals surface area contributed by atoms with Gasteiger partial charge in [0, 0.05) is 12.6 Å². The Morgan fingerprint density at radius 3 is 2.64 bits per heavy atom. The van der Waals surface area contributed by atoms with Crippen LogP contribution >= 0.6 is 0 Å². The summed E-state index contributed by atoms with van der Waals surface area (Å²) in [6, 6.07) is 3.32. The zero-order valence-electron chi connectivity index (χ0n) is 11.5. The fourth-order valence-electron chi connectivity index (χ4n) is 2.51. The van der Waals surface area contributed by atoms with Gasteiger partial charge in [0.15, 0.2) is 0 Å². The molecule has 0 saturated heterocycles. The molecule has 1 aromatic rings. The average Bonchev–Trinajstić information content (AvgIpc) is 2.40. The quantitative estimate of drug-likeness (QED) is 0.519. The highest BCUT2D eigenvalue weighted by Gasteiger charge is 2.42. The van der Waals surface area contributed by atoms with E-state index in [1.807, 2.05) is 0 Å². The largest absolute Gasteiger partial charge is 0.387 e. The maximum atomic E-state index is 12.5. The number of hydrogen-bond acceptors (Lipinski definition) is 6. The Morgan fingerprint density at radius 2 is 2.14 bits per heavy atom. The molecule has 22 heavy (non-hydrogen) atoms. The van der Waals surface area contributed by atoms with Crippen molar-refractivity contribution in [2.45, 2.75) is 23.3 Å². The summed E-state index contributed by atoms with van der Waals surface area (Å²) in [4.78, 5) is 9.96. The minimum Gasteiger partial charge on any atom is -0.387 e. The van der Waals surface area contributed by atoms with Crippen LogP contribution in [0.1, 0.15) is 12.8 Å². The van der Waals surface area contributed by atoms with Crippen molar-refractivity contribution in [1.82, 2.24) is 0 Å². The molecule has 8 nitrogen and oxygen atoms in total. The molecule has 4 N–H and O–H groups in total. The van der Waals surface area contributed by atoms with E-state index in [1.54, 1.807) is 0 Å². The number of nitrogens with two attached hydrogens (primary N) is 1. The lowest BCUT2D eigenvalue weighted by atomic mass is 9.71. The molecule has 1 aliphatic carbocycles. The van der Waals surface area contributed by atoms with Crippen LogP contribution in [0.2, 0.25) is 0 Å². The summed E-state index contributed by atoms with van der Waals surface area (Å²) >= 11 is 0. The molecule has 0 aromatic heterocycles. The van der Waals surface area contributed by atoms with Crippen LogP contribution in [0.5, 0.6) is 0 Å². The van der Waals surface area contributed by atoms with Gasteiger partial charge in [-0.15, -0.1) is 0 Å². The third-order valence-electron chi connectivity index (χ3n) is 3.66. The molecule has 1 fully saturated rings. The van der Waals surface area contributed by atoms with Crippen LogP contribution in [0.15, 0.2) is 23.1 Å². The number of sulfonamides is 1. The van der Waals surface area contributed by atoms with Gasteiger partial charge >= 0.3 is 0 Å². The molecule has 0 heterocycles. The molecule has 2 rings (SSSR count). The molecule has 1 aromatic carbocycles. The summed E-state index contributed by atoms with van der Waals surface area (Å²) in [5, 5.41) is 28.3. The van der Waals surface area contributed by atoms with E-state index in [1.165, 1.54) is 12.1 Å². The first kappa shape index (κ1) is 16.6. The number of rotatable bonds is 6. The Bertz CT molecular complexity index is 688. The highest BCUT2D eigenvalue weighted by Crippen LogP contribution is 2.38. The van der Waals surface area contributed by atoms with E-state index < -0.39 is 32.9 Å². The van der Waals surface area contributed by atoms with E-state index in [9.17, 15) is 28.0 Å². The number of anilines is 1. The molecule has 10 heteroatoms. The lowest BCUT2D eigenvalue weighted by molar-refractivity contribution is -0.384. The molecular formula is C12H16FN3O5S. The molecule has 122 valence electrons. The van der Waals surface area contributed by atoms with Crippen molar-refractivity contribution in [2.75, 3.05) is 18.5 Å². The highest BCUT2D eigenvalue weighted by atomic mass is 32.2. The van der Waals surface area contributed by atoms with E-state index in [2.05, 4.69) is 5.32 Å². The lowest BCUT2D eigenvalue weighted by Crippen LogP contribution is -2.47. The van der Waals surface area contributed by atoms with E-state index in [4.69, 9.17) is 5.14 Å². The van der Waals surface area contributed by atoms with Gasteiger partial charge in [-0.05, 0) is 30.9 Å². The van der Waals surface area contributed by atoms with Crippen molar-refractivity contribution < 1.29 is 22.8 Å². The third-order valence-corrected chi connectivity index (χ3v) is 4.57. The van der Waals surface area contributed by atoms with E-state index in [0.29, 0.717) is 6.54 Å². The number of alkyl halides is 1. The van der Waals surface area contributed by atoms with Gasteiger partial charge in [0.05, 0.1) is 15.4 Å². The van der Waals surface area contributed by atoms with Gasteiger partial charge < -0.3 is 10.4 Å². The van der Waals surface area contributed by atoms with Gasteiger partial charge in [-0.2, -0.15) is 0 Å². The normalized spacial score (nSPS) is 24.6. The summed E-state index contributed by atoms with van der Waals surface area (Å²) in [5.74, 6) is -0.00160. The second-order valence-corrected chi connectivity index (χ2v) is 7.06. The first-order valence-electron chi connectivity index (χ1n) is 6.48. The van der Waals surface area contributed by atoms with Crippen molar-refractivity contribution >= 4 is 21.4 Å². The molecule has 0 radical (unpaired) electrons. The number of halogens is 1. The zero-order valence-corrected chi connectivity index (χ0v) is 12.3. The van der Waals surface area contributed by atoms with Gasteiger partial charge in [-0.1, -0.05) is 0 Å². The number of aliphatic hydroxyl groups is 1. The van der Waals surface area contributed by atoms with Gasteiger partial charge in [-0.3, -0.25) is 10.1 Å². The minimum absolute atomic E-state index is 0.00160. The van der Waals surface area contributed by atoms with Crippen molar-refractivity contribution in [1.29, 1.82) is 0 Å². The van der Waals surface area contributed by atoms with E-state index in [0.717, 1.165) is 6.07 Å². The maximum absolute atomic E-state index is 12.5. The van der Waals surface area contributed by atoms with Crippen LogP contribution in [0, 0.1) is 16.0 Å². The van der Waals surface area contributed by atoms with Crippen LogP contribution < -0.4 is 10.5 Å². The Morgan fingerprint density at radius 1 is 1.50 bits per heavy atom. The fraction of sp³-hybridized carbons (Fsp3) is 0.500. The standard InChI is InChI=1S/C12H16FN3O5S/c13-7-12(17)4-8(5-12)6-15-10-2-1-9(22(14,20)21)3-11(10)16(18)19/h1-3,8,15,17H,4-7H2,(H2,14,20,21)/t8-,12-. The molecule has 0 aliphatic heterocycles. The average molecular weight is 333 g/mol. The van der Waals surface area contributed by atoms with Crippen LogP contribution in [0.4, 0.5) is 15.8 Å². The Labute approximate surface area is 126 Å².